The van der Waals surface area contributed by atoms with E-state index in [9.17, 15) is 20.1 Å². The van der Waals surface area contributed by atoms with E-state index in [4.69, 9.17) is 5.73 Å². The van der Waals surface area contributed by atoms with E-state index in [0.29, 0.717) is 24.7 Å². The Hall–Kier alpha value is -0.690. The lowest BCUT2D eigenvalue weighted by atomic mass is 9.72. The number of aliphatic hydroxyl groups excluding tert-OH is 3. The molecule has 6 atom stereocenters. The van der Waals surface area contributed by atoms with Crippen molar-refractivity contribution >= 4 is 5.91 Å². The smallest absolute Gasteiger partial charge is 0.228 e. The Morgan fingerprint density at radius 1 is 0.920 bits per heavy atom. The molecule has 0 bridgehead atoms. The number of likely N-dealkylation sites (tertiary alicyclic amines) is 1. The number of carbonyl (C=O) groups excluding carboxylic acids is 1. The van der Waals surface area contributed by atoms with Crippen molar-refractivity contribution in [3.05, 3.63) is 0 Å². The first kappa shape index (κ1) is 19.1. The van der Waals surface area contributed by atoms with Gasteiger partial charge in [-0.15, -0.1) is 0 Å². The minimum absolute atomic E-state index is 0.0552. The highest BCUT2D eigenvalue weighted by Crippen LogP contribution is 2.38. The number of piperidine rings is 1. The largest absolute Gasteiger partial charge is 0.390 e. The standard InChI is InChI=1S/C19H34N2O4/c20-11-12-2-1-3-14(10-12)13-6-8-21(9-7-13)19(25)15-4-5-16(22)18(24)17(15)23/h12-18,22-24H,1-11,20H2. The van der Waals surface area contributed by atoms with Gasteiger partial charge in [0.15, 0.2) is 0 Å². The van der Waals surface area contributed by atoms with Crippen LogP contribution in [0.25, 0.3) is 0 Å². The number of hydrogen-bond donors (Lipinski definition) is 4. The van der Waals surface area contributed by atoms with E-state index in [2.05, 4.69) is 0 Å². The van der Waals surface area contributed by atoms with E-state index in [-0.39, 0.29) is 5.91 Å². The quantitative estimate of drug-likeness (QED) is 0.590. The third-order valence-electron chi connectivity index (χ3n) is 6.92. The third kappa shape index (κ3) is 4.18. The average molecular weight is 354 g/mol. The molecule has 6 nitrogen and oxygen atoms in total. The molecule has 6 unspecified atom stereocenters. The van der Waals surface area contributed by atoms with Crippen molar-refractivity contribution in [1.29, 1.82) is 0 Å². The lowest BCUT2D eigenvalue weighted by Gasteiger charge is -2.42. The first-order chi connectivity index (χ1) is 12.0. The van der Waals surface area contributed by atoms with Gasteiger partial charge in [-0.25, -0.2) is 0 Å². The van der Waals surface area contributed by atoms with Crippen molar-refractivity contribution < 1.29 is 20.1 Å². The zero-order valence-electron chi connectivity index (χ0n) is 15.1. The van der Waals surface area contributed by atoms with E-state index >= 15 is 0 Å². The normalized spacial score (nSPS) is 40.9. The Kier molecular flexibility index (Phi) is 6.36. The molecule has 0 aromatic carbocycles. The summed E-state index contributed by atoms with van der Waals surface area (Å²) < 4.78 is 0. The summed E-state index contributed by atoms with van der Waals surface area (Å²) in [7, 11) is 0. The van der Waals surface area contributed by atoms with Crippen LogP contribution >= 0.6 is 0 Å². The first-order valence-corrected chi connectivity index (χ1v) is 10.0. The summed E-state index contributed by atoms with van der Waals surface area (Å²) in [6.45, 7) is 2.28. The van der Waals surface area contributed by atoms with E-state index in [1.807, 2.05) is 4.90 Å². The van der Waals surface area contributed by atoms with Crippen LogP contribution in [0, 0.1) is 23.7 Å². The molecular formula is C19H34N2O4. The summed E-state index contributed by atoms with van der Waals surface area (Å²) in [5.41, 5.74) is 5.86. The molecule has 1 amide bonds. The molecule has 0 aromatic rings. The lowest BCUT2D eigenvalue weighted by molar-refractivity contribution is -0.156. The number of nitrogens with zero attached hydrogens (tertiary/aromatic N) is 1. The van der Waals surface area contributed by atoms with Gasteiger partial charge in [0, 0.05) is 13.1 Å². The monoisotopic (exact) mass is 354 g/mol. The van der Waals surface area contributed by atoms with Crippen molar-refractivity contribution in [3.8, 4) is 0 Å². The van der Waals surface area contributed by atoms with Crippen LogP contribution in [-0.4, -0.2) is 64.1 Å². The number of hydrogen-bond acceptors (Lipinski definition) is 5. The molecule has 3 aliphatic rings. The molecule has 3 fully saturated rings. The highest BCUT2D eigenvalue weighted by molar-refractivity contribution is 5.79. The second-order valence-corrected chi connectivity index (χ2v) is 8.42. The van der Waals surface area contributed by atoms with Crippen molar-refractivity contribution in [1.82, 2.24) is 4.90 Å². The number of aliphatic hydroxyl groups is 3. The van der Waals surface area contributed by atoms with E-state index < -0.39 is 24.2 Å². The topological polar surface area (TPSA) is 107 Å². The molecule has 0 spiro atoms. The molecule has 144 valence electrons. The van der Waals surface area contributed by atoms with Crippen LogP contribution in [-0.2, 0) is 4.79 Å². The molecule has 25 heavy (non-hydrogen) atoms. The maximum Gasteiger partial charge on any atom is 0.228 e. The fraction of sp³-hybridized carbons (Fsp3) is 0.947. The second kappa shape index (κ2) is 8.33. The van der Waals surface area contributed by atoms with E-state index in [1.54, 1.807) is 0 Å². The van der Waals surface area contributed by atoms with Crippen LogP contribution in [0.3, 0.4) is 0 Å². The van der Waals surface area contributed by atoms with Gasteiger partial charge in [-0.2, -0.15) is 0 Å². The minimum atomic E-state index is -1.21. The molecule has 2 saturated carbocycles. The molecule has 1 heterocycles. The predicted molar refractivity (Wildman–Crippen MR) is 94.6 cm³/mol. The molecule has 3 rings (SSSR count). The van der Waals surface area contributed by atoms with Crippen LogP contribution in [0.2, 0.25) is 0 Å². The maximum atomic E-state index is 12.8. The minimum Gasteiger partial charge on any atom is -0.390 e. The summed E-state index contributed by atoms with van der Waals surface area (Å²) in [6.07, 6.45) is 4.65. The molecule has 6 heteroatoms. The lowest BCUT2D eigenvalue weighted by Crippen LogP contribution is -2.53. The molecule has 1 aliphatic heterocycles. The molecule has 1 saturated heterocycles. The Bertz CT molecular complexity index is 453. The maximum absolute atomic E-state index is 12.8. The number of amides is 1. The van der Waals surface area contributed by atoms with Crippen molar-refractivity contribution in [2.45, 2.75) is 69.7 Å². The van der Waals surface area contributed by atoms with E-state index in [1.165, 1.54) is 25.7 Å². The zero-order chi connectivity index (χ0) is 18.0. The SMILES string of the molecule is NCC1CCCC(C2CCN(C(=O)C3CCC(O)C(O)C3O)CC2)C1. The fourth-order valence-electron chi connectivity index (χ4n) is 5.23. The Labute approximate surface area is 150 Å². The van der Waals surface area contributed by atoms with Crippen molar-refractivity contribution in [2.75, 3.05) is 19.6 Å². The van der Waals surface area contributed by atoms with E-state index in [0.717, 1.165) is 38.4 Å². The molecular weight excluding hydrogens is 320 g/mol. The second-order valence-electron chi connectivity index (χ2n) is 8.42. The molecule has 0 aromatic heterocycles. The number of carbonyl (C=O) groups is 1. The van der Waals surface area contributed by atoms with Gasteiger partial charge >= 0.3 is 0 Å². The first-order valence-electron chi connectivity index (χ1n) is 10.0. The summed E-state index contributed by atoms with van der Waals surface area (Å²) in [5.74, 6) is 1.47. The zero-order valence-corrected chi connectivity index (χ0v) is 15.1. The van der Waals surface area contributed by atoms with Gasteiger partial charge < -0.3 is 26.0 Å². The Balaban J connectivity index is 1.51. The van der Waals surface area contributed by atoms with Gasteiger partial charge in [0.2, 0.25) is 5.91 Å². The summed E-state index contributed by atoms with van der Waals surface area (Å²) in [6, 6.07) is 0. The van der Waals surface area contributed by atoms with Gasteiger partial charge in [0.05, 0.1) is 18.1 Å². The molecule has 5 N–H and O–H groups in total. The van der Waals surface area contributed by atoms with Crippen LogP contribution < -0.4 is 5.73 Å². The van der Waals surface area contributed by atoms with Crippen molar-refractivity contribution in [3.63, 3.8) is 0 Å². The van der Waals surface area contributed by atoms with Crippen LogP contribution in [0.4, 0.5) is 0 Å². The fourth-order valence-corrected chi connectivity index (χ4v) is 5.23. The summed E-state index contributed by atoms with van der Waals surface area (Å²) >= 11 is 0. The molecule has 0 radical (unpaired) electrons. The summed E-state index contributed by atoms with van der Waals surface area (Å²) in [5, 5.41) is 29.6. The Morgan fingerprint density at radius 2 is 1.64 bits per heavy atom. The highest BCUT2D eigenvalue weighted by Gasteiger charge is 2.42. The van der Waals surface area contributed by atoms with Gasteiger partial charge in [-0.05, 0) is 62.8 Å². The van der Waals surface area contributed by atoms with Gasteiger partial charge in [-0.3, -0.25) is 4.79 Å². The van der Waals surface area contributed by atoms with Crippen molar-refractivity contribution in [2.24, 2.45) is 29.4 Å². The van der Waals surface area contributed by atoms with Crippen LogP contribution in [0.5, 0.6) is 0 Å². The van der Waals surface area contributed by atoms with Crippen LogP contribution in [0.1, 0.15) is 51.4 Å². The van der Waals surface area contributed by atoms with Crippen LogP contribution in [0.15, 0.2) is 0 Å². The number of rotatable bonds is 3. The van der Waals surface area contributed by atoms with Gasteiger partial charge in [-0.1, -0.05) is 12.8 Å². The summed E-state index contributed by atoms with van der Waals surface area (Å²) in [4.78, 5) is 14.6. The Morgan fingerprint density at radius 3 is 2.32 bits per heavy atom. The third-order valence-corrected chi connectivity index (χ3v) is 6.92. The average Bonchev–Trinajstić information content (AvgIpc) is 2.66. The van der Waals surface area contributed by atoms with Gasteiger partial charge in [0.1, 0.15) is 6.10 Å². The van der Waals surface area contributed by atoms with Gasteiger partial charge in [0.25, 0.3) is 0 Å². The predicted octanol–water partition coefficient (Wildman–Crippen LogP) is 0.483. The number of nitrogens with two attached hydrogens (primary N) is 1. The molecule has 2 aliphatic carbocycles. The highest BCUT2D eigenvalue weighted by atomic mass is 16.4.